The SMILES string of the molecule is CC(C)OC(=O)[C@H](Cc1ccc(-n2c(=O)c3ccncc3n(C)c2=O)cc1)NC(=O)c1cc(F)c(NS(=O)(=O)c2ccc(C(=O)N[C@H](CO)C(C)C)cc2)cc1F. The third-order valence-electron chi connectivity index (χ3n) is 8.94. The molecular formula is C39H40F2N6O9S. The minimum Gasteiger partial charge on any atom is -0.461 e. The Balaban J connectivity index is 1.33. The summed E-state index contributed by atoms with van der Waals surface area (Å²) in [4.78, 5) is 68.8. The van der Waals surface area contributed by atoms with E-state index in [2.05, 4.69) is 15.6 Å². The lowest BCUT2D eigenvalue weighted by Gasteiger charge is -2.20. The van der Waals surface area contributed by atoms with E-state index in [0.29, 0.717) is 23.2 Å². The smallest absolute Gasteiger partial charge is 0.335 e. The number of hydrogen-bond acceptors (Lipinski definition) is 10. The van der Waals surface area contributed by atoms with Gasteiger partial charge >= 0.3 is 11.7 Å². The highest BCUT2D eigenvalue weighted by molar-refractivity contribution is 7.92. The summed E-state index contributed by atoms with van der Waals surface area (Å²) in [6.07, 6.45) is 2.03. The van der Waals surface area contributed by atoms with Gasteiger partial charge in [0.1, 0.15) is 17.7 Å². The molecule has 0 aliphatic heterocycles. The number of aromatic nitrogens is 3. The number of carbonyl (C=O) groups is 3. The number of fused-ring (bicyclic) bond motifs is 1. The van der Waals surface area contributed by atoms with Gasteiger partial charge in [-0.1, -0.05) is 26.0 Å². The third-order valence-corrected chi connectivity index (χ3v) is 10.3. The summed E-state index contributed by atoms with van der Waals surface area (Å²) in [6.45, 7) is 6.45. The number of ether oxygens (including phenoxy) is 1. The van der Waals surface area contributed by atoms with E-state index in [1.165, 1.54) is 66.5 Å². The number of benzene rings is 3. The van der Waals surface area contributed by atoms with Gasteiger partial charge < -0.3 is 20.5 Å². The summed E-state index contributed by atoms with van der Waals surface area (Å²) >= 11 is 0. The van der Waals surface area contributed by atoms with Crippen molar-refractivity contribution in [2.24, 2.45) is 13.0 Å². The molecule has 0 aliphatic carbocycles. The van der Waals surface area contributed by atoms with Gasteiger partial charge in [-0.25, -0.2) is 31.4 Å². The van der Waals surface area contributed by atoms with Gasteiger partial charge in [-0.2, -0.15) is 0 Å². The van der Waals surface area contributed by atoms with Crippen molar-refractivity contribution in [3.63, 3.8) is 0 Å². The number of aryl methyl sites for hydroxylation is 1. The standard InChI is InChI=1S/C39H40F2N6O9S/c1-21(2)33(20-48)44-35(49)24-8-12-26(13-9-24)57(54,55)45-31-18-29(40)28(17-30(31)41)36(50)43-32(38(52)56-22(3)4)16-23-6-10-25(11-7-23)47-37(51)27-14-15-42-19-34(27)46(5)39(47)53/h6-15,17-19,21-22,32-33,45,48H,16,20H2,1-5H3,(H,43,50)(H,44,49)/t32-,33+/m0/s1. The van der Waals surface area contributed by atoms with Crippen LogP contribution in [0, 0.1) is 17.6 Å². The maximum absolute atomic E-state index is 15.4. The van der Waals surface area contributed by atoms with E-state index in [-0.39, 0.29) is 40.5 Å². The lowest BCUT2D eigenvalue weighted by atomic mass is 10.0. The fraction of sp³-hybridized carbons (Fsp3) is 0.282. The first-order valence-electron chi connectivity index (χ1n) is 17.6. The number of aliphatic hydroxyl groups is 1. The van der Waals surface area contributed by atoms with Crippen molar-refractivity contribution >= 4 is 44.4 Å². The summed E-state index contributed by atoms with van der Waals surface area (Å²) < 4.78 is 66.3. The maximum Gasteiger partial charge on any atom is 0.335 e. The second-order valence-corrected chi connectivity index (χ2v) is 15.4. The molecule has 0 aliphatic rings. The third kappa shape index (κ3) is 9.41. The highest BCUT2D eigenvalue weighted by atomic mass is 32.2. The number of carbonyl (C=O) groups excluding carboxylic acids is 3. The van der Waals surface area contributed by atoms with Crippen LogP contribution in [0.3, 0.4) is 0 Å². The second kappa shape index (κ2) is 17.3. The highest BCUT2D eigenvalue weighted by Crippen LogP contribution is 2.24. The van der Waals surface area contributed by atoms with E-state index < -0.39 is 80.1 Å². The Morgan fingerprint density at radius 1 is 0.895 bits per heavy atom. The number of esters is 1. The van der Waals surface area contributed by atoms with Crippen LogP contribution >= 0.6 is 0 Å². The van der Waals surface area contributed by atoms with Crippen molar-refractivity contribution in [1.29, 1.82) is 0 Å². The maximum atomic E-state index is 15.4. The number of rotatable bonds is 14. The number of nitrogens with zero attached hydrogens (tertiary/aromatic N) is 3. The Hall–Kier alpha value is -6.27. The van der Waals surface area contributed by atoms with Crippen molar-refractivity contribution in [3.8, 4) is 5.69 Å². The number of halogens is 2. The minimum atomic E-state index is -4.51. The van der Waals surface area contributed by atoms with Crippen molar-refractivity contribution in [2.75, 3.05) is 11.3 Å². The van der Waals surface area contributed by atoms with E-state index >= 15 is 8.78 Å². The molecule has 0 saturated heterocycles. The van der Waals surface area contributed by atoms with E-state index in [4.69, 9.17) is 4.74 Å². The highest BCUT2D eigenvalue weighted by Gasteiger charge is 2.28. The average Bonchev–Trinajstić information content (AvgIpc) is 3.17. The molecule has 0 radical (unpaired) electrons. The molecule has 2 heterocycles. The Labute approximate surface area is 325 Å². The molecule has 18 heteroatoms. The zero-order valence-corrected chi connectivity index (χ0v) is 32.3. The molecule has 0 fully saturated rings. The molecule has 3 aromatic carbocycles. The van der Waals surface area contributed by atoms with Crippen LogP contribution in [0.2, 0.25) is 0 Å². The number of hydrogen-bond donors (Lipinski definition) is 4. The largest absolute Gasteiger partial charge is 0.461 e. The predicted octanol–water partition coefficient (Wildman–Crippen LogP) is 3.20. The molecule has 2 amide bonds. The van der Waals surface area contributed by atoms with Crippen LogP contribution in [0.1, 0.15) is 54.0 Å². The molecule has 5 rings (SSSR count). The van der Waals surface area contributed by atoms with Gasteiger partial charge in [-0.15, -0.1) is 0 Å². The predicted molar refractivity (Wildman–Crippen MR) is 206 cm³/mol. The first-order chi connectivity index (χ1) is 26.9. The van der Waals surface area contributed by atoms with Crippen molar-refractivity contribution in [3.05, 3.63) is 128 Å². The van der Waals surface area contributed by atoms with Gasteiger partial charge in [0.05, 0.1) is 57.7 Å². The number of pyridine rings is 1. The molecule has 15 nitrogen and oxygen atoms in total. The van der Waals surface area contributed by atoms with Crippen LogP contribution in [-0.2, 0) is 33.0 Å². The van der Waals surface area contributed by atoms with Crippen LogP contribution in [-0.4, -0.2) is 70.2 Å². The van der Waals surface area contributed by atoms with Gasteiger partial charge in [0.2, 0.25) is 0 Å². The quantitative estimate of drug-likeness (QED) is 0.121. The zero-order chi connectivity index (χ0) is 41.8. The van der Waals surface area contributed by atoms with E-state index in [0.717, 1.165) is 16.7 Å². The monoisotopic (exact) mass is 806 g/mol. The Morgan fingerprint density at radius 3 is 2.18 bits per heavy atom. The molecule has 4 N–H and O–H groups in total. The Kier molecular flexibility index (Phi) is 12.7. The lowest BCUT2D eigenvalue weighted by molar-refractivity contribution is -0.149. The molecule has 2 aromatic heterocycles. The average molecular weight is 807 g/mol. The Morgan fingerprint density at radius 2 is 1.56 bits per heavy atom. The summed E-state index contributed by atoms with van der Waals surface area (Å²) in [5.41, 5.74) is -1.75. The number of amides is 2. The molecule has 300 valence electrons. The number of sulfonamides is 1. The van der Waals surface area contributed by atoms with Crippen LogP contribution in [0.25, 0.3) is 16.6 Å². The summed E-state index contributed by atoms with van der Waals surface area (Å²) in [6, 6.07) is 11.1. The van der Waals surface area contributed by atoms with Gasteiger partial charge in [0.15, 0.2) is 0 Å². The topological polar surface area (TPSA) is 208 Å². The van der Waals surface area contributed by atoms with Crippen LogP contribution in [0.5, 0.6) is 0 Å². The van der Waals surface area contributed by atoms with E-state index in [1.807, 2.05) is 4.72 Å². The second-order valence-electron chi connectivity index (χ2n) is 13.7. The normalized spacial score (nSPS) is 12.7. The lowest BCUT2D eigenvalue weighted by Crippen LogP contribution is -2.44. The van der Waals surface area contributed by atoms with Gasteiger partial charge in [-0.05, 0) is 73.9 Å². The van der Waals surface area contributed by atoms with Crippen molar-refractivity contribution in [1.82, 2.24) is 24.8 Å². The summed E-state index contributed by atoms with van der Waals surface area (Å²) in [5, 5.41) is 14.7. The number of aliphatic hydroxyl groups excluding tert-OH is 1. The van der Waals surface area contributed by atoms with Gasteiger partial charge in [0.25, 0.3) is 27.4 Å². The summed E-state index contributed by atoms with van der Waals surface area (Å²) in [5.74, 6) is -5.36. The molecule has 0 saturated carbocycles. The van der Waals surface area contributed by atoms with Gasteiger partial charge in [-0.3, -0.25) is 28.7 Å². The van der Waals surface area contributed by atoms with E-state index in [9.17, 15) is 37.5 Å². The molecule has 5 aromatic rings. The van der Waals surface area contributed by atoms with Gasteiger partial charge in [0, 0.05) is 31.3 Å². The van der Waals surface area contributed by atoms with Crippen LogP contribution in [0.4, 0.5) is 14.5 Å². The first-order valence-corrected chi connectivity index (χ1v) is 19.1. The molecule has 0 spiro atoms. The van der Waals surface area contributed by atoms with Crippen molar-refractivity contribution < 1.29 is 41.4 Å². The number of nitrogens with one attached hydrogen (secondary N) is 3. The molecule has 0 unspecified atom stereocenters. The van der Waals surface area contributed by atoms with E-state index in [1.54, 1.807) is 27.7 Å². The van der Waals surface area contributed by atoms with Crippen LogP contribution < -0.4 is 26.6 Å². The molecule has 2 atom stereocenters. The van der Waals surface area contributed by atoms with Crippen LogP contribution in [0.15, 0.2) is 93.6 Å². The first kappa shape index (κ1) is 41.9. The molecule has 57 heavy (non-hydrogen) atoms. The minimum absolute atomic E-state index is 0.0717. The number of anilines is 1. The molecule has 0 bridgehead atoms. The summed E-state index contributed by atoms with van der Waals surface area (Å²) in [7, 11) is -3.01. The fourth-order valence-corrected chi connectivity index (χ4v) is 6.80. The zero-order valence-electron chi connectivity index (χ0n) is 31.4. The van der Waals surface area contributed by atoms with Crippen molar-refractivity contribution in [2.45, 2.75) is 57.2 Å². The Bertz CT molecular complexity index is 2560. The molecular weight excluding hydrogens is 767 g/mol. The fourth-order valence-electron chi connectivity index (χ4n) is 5.75.